The van der Waals surface area contributed by atoms with E-state index < -0.39 is 18.4 Å². The highest BCUT2D eigenvalue weighted by atomic mass is 35.5. The Hall–Kier alpha value is -4.05. The third-order valence-electron chi connectivity index (χ3n) is 6.72. The van der Waals surface area contributed by atoms with Gasteiger partial charge in [-0.15, -0.1) is 13.2 Å². The Balaban J connectivity index is 1.90. The zero-order valence-corrected chi connectivity index (χ0v) is 24.9. The second-order valence-electron chi connectivity index (χ2n) is 9.86. The fourth-order valence-corrected chi connectivity index (χ4v) is 4.95. The van der Waals surface area contributed by atoms with Gasteiger partial charge in [0.1, 0.15) is 5.75 Å². The molecule has 0 bridgehead atoms. The van der Waals surface area contributed by atoms with Crippen LogP contribution in [-0.4, -0.2) is 37.3 Å². The van der Waals surface area contributed by atoms with E-state index in [-0.39, 0.29) is 43.1 Å². The van der Waals surface area contributed by atoms with Crippen molar-refractivity contribution >= 4 is 29.4 Å². The van der Waals surface area contributed by atoms with Crippen LogP contribution in [0.1, 0.15) is 82.5 Å². The third kappa shape index (κ3) is 10.0. The number of esters is 1. The number of halogens is 4. The molecule has 43 heavy (non-hydrogen) atoms. The molecule has 2 atom stereocenters. The number of hydrogen-bond donors (Lipinski definition) is 2. The van der Waals surface area contributed by atoms with Gasteiger partial charge in [0.05, 0.1) is 19.1 Å². The van der Waals surface area contributed by atoms with Crippen LogP contribution in [0.2, 0.25) is 5.02 Å². The van der Waals surface area contributed by atoms with Crippen LogP contribution < -0.4 is 15.4 Å². The maximum atomic E-state index is 13.5. The Morgan fingerprint density at radius 1 is 0.907 bits per heavy atom. The Morgan fingerprint density at radius 2 is 1.56 bits per heavy atom. The highest BCUT2D eigenvalue weighted by Gasteiger charge is 2.32. The van der Waals surface area contributed by atoms with Gasteiger partial charge in [-0.25, -0.2) is 0 Å². The quantitative estimate of drug-likeness (QED) is 0.196. The van der Waals surface area contributed by atoms with Crippen molar-refractivity contribution in [3.8, 4) is 5.75 Å². The number of carbonyl (C=O) groups is 3. The van der Waals surface area contributed by atoms with Crippen LogP contribution in [0.15, 0.2) is 66.7 Å². The van der Waals surface area contributed by atoms with Crippen molar-refractivity contribution in [2.75, 3.05) is 13.2 Å². The van der Waals surface area contributed by atoms with Crippen LogP contribution in [-0.2, 0) is 9.53 Å². The molecule has 0 fully saturated rings. The lowest BCUT2D eigenvalue weighted by Crippen LogP contribution is -2.33. The molecule has 0 aliphatic carbocycles. The Labute approximate surface area is 253 Å². The fourth-order valence-electron chi connectivity index (χ4n) is 4.73. The topological polar surface area (TPSA) is 93.7 Å². The van der Waals surface area contributed by atoms with Crippen LogP contribution in [0.5, 0.6) is 5.75 Å². The summed E-state index contributed by atoms with van der Waals surface area (Å²) >= 11 is 6.07. The second-order valence-corrected chi connectivity index (χ2v) is 10.3. The fraction of sp³-hybridized carbons (Fsp3) is 0.344. The maximum Gasteiger partial charge on any atom is 0.573 e. The summed E-state index contributed by atoms with van der Waals surface area (Å²) in [7, 11) is 0. The smallest absolute Gasteiger partial charge is 0.466 e. The van der Waals surface area contributed by atoms with E-state index in [1.807, 2.05) is 6.92 Å². The SMILES string of the molecule is CCCC(c1ccc(C(=O)NCCC(=O)OCC)cc1)C(NC(=O)c1ccc(Cl)cc1C)c1ccc(OC(F)(F)F)cc1. The van der Waals surface area contributed by atoms with Gasteiger partial charge < -0.3 is 20.1 Å². The Kier molecular flexibility index (Phi) is 12.0. The number of alkyl halides is 3. The lowest BCUT2D eigenvalue weighted by atomic mass is 9.83. The molecule has 0 aliphatic rings. The molecule has 0 heterocycles. The number of rotatable bonds is 13. The van der Waals surface area contributed by atoms with Gasteiger partial charge in [-0.2, -0.15) is 0 Å². The first-order chi connectivity index (χ1) is 20.4. The van der Waals surface area contributed by atoms with Gasteiger partial charge in [-0.05, 0) is 79.4 Å². The van der Waals surface area contributed by atoms with Gasteiger partial charge in [0.25, 0.3) is 11.8 Å². The molecular weight excluding hydrogens is 585 g/mol. The maximum absolute atomic E-state index is 13.5. The summed E-state index contributed by atoms with van der Waals surface area (Å²) < 4.78 is 47.2. The predicted octanol–water partition coefficient (Wildman–Crippen LogP) is 7.29. The molecule has 0 saturated heterocycles. The zero-order valence-electron chi connectivity index (χ0n) is 24.1. The molecule has 11 heteroatoms. The molecule has 0 aromatic heterocycles. The van der Waals surface area contributed by atoms with Crippen LogP contribution in [0.25, 0.3) is 0 Å². The van der Waals surface area contributed by atoms with E-state index in [0.29, 0.717) is 33.7 Å². The average Bonchev–Trinajstić information content (AvgIpc) is 2.94. The van der Waals surface area contributed by atoms with Crippen LogP contribution in [0.3, 0.4) is 0 Å². The monoisotopic (exact) mass is 618 g/mol. The molecule has 0 saturated carbocycles. The number of carbonyl (C=O) groups excluding carboxylic acids is 3. The molecule has 2 unspecified atom stereocenters. The number of amides is 2. The minimum absolute atomic E-state index is 0.0531. The highest BCUT2D eigenvalue weighted by Crippen LogP contribution is 2.36. The summed E-state index contributed by atoms with van der Waals surface area (Å²) in [5.41, 5.74) is 2.86. The van der Waals surface area contributed by atoms with Gasteiger partial charge in [-0.1, -0.05) is 49.2 Å². The van der Waals surface area contributed by atoms with Crippen molar-refractivity contribution < 1.29 is 37.0 Å². The van der Waals surface area contributed by atoms with Crippen molar-refractivity contribution in [1.29, 1.82) is 0 Å². The van der Waals surface area contributed by atoms with Crippen molar-refractivity contribution in [1.82, 2.24) is 10.6 Å². The van der Waals surface area contributed by atoms with E-state index in [0.717, 1.165) is 12.0 Å². The minimum atomic E-state index is -4.83. The van der Waals surface area contributed by atoms with Gasteiger partial charge in [0, 0.05) is 28.6 Å². The summed E-state index contributed by atoms with van der Waals surface area (Å²) in [6.07, 6.45) is -3.42. The van der Waals surface area contributed by atoms with E-state index in [1.165, 1.54) is 24.3 Å². The summed E-state index contributed by atoms with van der Waals surface area (Å²) in [5, 5.41) is 6.25. The Morgan fingerprint density at radius 3 is 2.14 bits per heavy atom. The van der Waals surface area contributed by atoms with E-state index in [4.69, 9.17) is 16.3 Å². The number of ether oxygens (including phenoxy) is 2. The van der Waals surface area contributed by atoms with Crippen molar-refractivity contribution in [3.63, 3.8) is 0 Å². The molecular formula is C32H34ClF3N2O5. The Bertz CT molecular complexity index is 1400. The lowest BCUT2D eigenvalue weighted by Gasteiger charge is -2.29. The zero-order chi connectivity index (χ0) is 31.6. The molecule has 0 radical (unpaired) electrons. The number of aryl methyl sites for hydroxylation is 1. The molecule has 2 amide bonds. The van der Waals surface area contributed by atoms with Crippen LogP contribution >= 0.6 is 11.6 Å². The summed E-state index contributed by atoms with van der Waals surface area (Å²) in [6, 6.07) is 16.6. The van der Waals surface area contributed by atoms with Gasteiger partial charge in [-0.3, -0.25) is 14.4 Å². The largest absolute Gasteiger partial charge is 0.573 e. The second kappa shape index (κ2) is 15.4. The predicted molar refractivity (Wildman–Crippen MR) is 157 cm³/mol. The molecule has 230 valence electrons. The minimum Gasteiger partial charge on any atom is -0.466 e. The molecule has 3 aromatic carbocycles. The van der Waals surface area contributed by atoms with Crippen molar-refractivity contribution in [2.45, 2.75) is 58.4 Å². The van der Waals surface area contributed by atoms with Gasteiger partial charge in [0.2, 0.25) is 0 Å². The molecule has 7 nitrogen and oxygen atoms in total. The first-order valence-electron chi connectivity index (χ1n) is 13.9. The van der Waals surface area contributed by atoms with Crippen LogP contribution in [0, 0.1) is 6.92 Å². The first kappa shape index (κ1) is 33.5. The molecule has 3 aromatic rings. The summed E-state index contributed by atoms with van der Waals surface area (Å²) in [5.74, 6) is -1.79. The number of hydrogen-bond acceptors (Lipinski definition) is 5. The van der Waals surface area contributed by atoms with Crippen molar-refractivity contribution in [2.24, 2.45) is 0 Å². The average molecular weight is 619 g/mol. The third-order valence-corrected chi connectivity index (χ3v) is 6.95. The first-order valence-corrected chi connectivity index (χ1v) is 14.3. The van der Waals surface area contributed by atoms with Gasteiger partial charge in [0.15, 0.2) is 0 Å². The summed E-state index contributed by atoms with van der Waals surface area (Å²) in [6.45, 7) is 5.85. The van der Waals surface area contributed by atoms with E-state index >= 15 is 0 Å². The van der Waals surface area contributed by atoms with Gasteiger partial charge >= 0.3 is 12.3 Å². The number of nitrogens with one attached hydrogen (secondary N) is 2. The van der Waals surface area contributed by atoms with Crippen molar-refractivity contribution in [3.05, 3.63) is 99.6 Å². The normalized spacial score (nSPS) is 12.6. The standard InChI is InChI=1S/C32H34ClF3N2O5/c1-4-6-27(21-7-9-23(10-8-21)30(40)37-18-17-28(39)42-5-2)29(22-11-14-25(15-12-22)43-32(34,35)36)38-31(41)26-16-13-24(33)19-20(26)3/h7-16,19,27,29H,4-6,17-18H2,1-3H3,(H,37,40)(H,38,41). The van der Waals surface area contributed by atoms with E-state index in [2.05, 4.69) is 15.4 Å². The lowest BCUT2D eigenvalue weighted by molar-refractivity contribution is -0.274. The van der Waals surface area contributed by atoms with E-state index in [9.17, 15) is 27.6 Å². The van der Waals surface area contributed by atoms with E-state index in [1.54, 1.807) is 56.3 Å². The molecule has 0 aliphatic heterocycles. The molecule has 2 N–H and O–H groups in total. The summed E-state index contributed by atoms with van der Waals surface area (Å²) in [4.78, 5) is 37.6. The van der Waals surface area contributed by atoms with Crippen LogP contribution in [0.4, 0.5) is 13.2 Å². The number of benzene rings is 3. The molecule has 3 rings (SSSR count). The molecule has 0 spiro atoms. The highest BCUT2D eigenvalue weighted by molar-refractivity contribution is 6.30.